The fraction of sp³-hybridized carbons (Fsp3) is 0.529. The summed E-state index contributed by atoms with van der Waals surface area (Å²) in [6.45, 7) is 5.13. The van der Waals surface area contributed by atoms with Crippen LogP contribution in [0.3, 0.4) is 0 Å². The minimum atomic E-state index is -0.290. The Hall–Kier alpha value is -2.12. The van der Waals surface area contributed by atoms with Crippen molar-refractivity contribution in [2.75, 3.05) is 57.9 Å². The summed E-state index contributed by atoms with van der Waals surface area (Å²) in [5.41, 5.74) is 2.37. The van der Waals surface area contributed by atoms with Crippen molar-refractivity contribution in [2.45, 2.75) is 6.54 Å². The molecule has 0 radical (unpaired) electrons. The third-order valence-corrected chi connectivity index (χ3v) is 4.35. The summed E-state index contributed by atoms with van der Waals surface area (Å²) in [5, 5.41) is 2.65. The van der Waals surface area contributed by atoms with Gasteiger partial charge in [-0.15, -0.1) is 0 Å². The smallest absolute Gasteiger partial charge is 0.324 e. The number of nitrogens with one attached hydrogen (secondary N) is 1. The number of carbonyl (C=O) groups excluding carboxylic acids is 2. The number of benzene rings is 1. The van der Waals surface area contributed by atoms with E-state index in [1.165, 1.54) is 16.2 Å². The van der Waals surface area contributed by atoms with E-state index in [-0.39, 0.29) is 18.5 Å². The molecule has 0 unspecified atom stereocenters. The maximum absolute atomic E-state index is 12.2. The topological polar surface area (TPSA) is 65.1 Å². The van der Waals surface area contributed by atoms with E-state index in [9.17, 15) is 9.59 Å². The van der Waals surface area contributed by atoms with E-state index in [0.29, 0.717) is 19.6 Å². The molecule has 24 heavy (non-hydrogen) atoms. The summed E-state index contributed by atoms with van der Waals surface area (Å²) in [4.78, 5) is 29.4. The van der Waals surface area contributed by atoms with Crippen LogP contribution >= 0.6 is 0 Å². The average molecular weight is 332 g/mol. The average Bonchev–Trinajstić information content (AvgIpc) is 3.02. The van der Waals surface area contributed by atoms with E-state index < -0.39 is 0 Å². The second-order valence-electron chi connectivity index (χ2n) is 6.18. The molecule has 3 amide bonds. The zero-order valence-electron chi connectivity index (χ0n) is 14.0. The van der Waals surface area contributed by atoms with E-state index in [0.717, 1.165) is 26.3 Å². The molecule has 7 heteroatoms. The van der Waals surface area contributed by atoms with Gasteiger partial charge in [-0.1, -0.05) is 18.2 Å². The Bertz CT molecular complexity index is 601. The number of likely N-dealkylation sites (N-methyl/N-ethyl adjacent to an activating group) is 1. The lowest BCUT2D eigenvalue weighted by Crippen LogP contribution is -2.41. The molecule has 2 saturated heterocycles. The number of nitrogens with zero attached hydrogens (tertiary/aromatic N) is 3. The molecule has 2 fully saturated rings. The molecule has 1 aromatic rings. The first-order valence-corrected chi connectivity index (χ1v) is 8.32. The van der Waals surface area contributed by atoms with Crippen LogP contribution in [0.4, 0.5) is 10.5 Å². The fourth-order valence-electron chi connectivity index (χ4n) is 3.13. The summed E-state index contributed by atoms with van der Waals surface area (Å²) in [6, 6.07) is 7.97. The number of rotatable bonds is 5. The minimum absolute atomic E-state index is 0.156. The van der Waals surface area contributed by atoms with Gasteiger partial charge >= 0.3 is 6.03 Å². The molecule has 1 N–H and O–H groups in total. The van der Waals surface area contributed by atoms with Crippen LogP contribution in [0.2, 0.25) is 0 Å². The van der Waals surface area contributed by atoms with Crippen molar-refractivity contribution in [3.05, 3.63) is 29.8 Å². The quantitative estimate of drug-likeness (QED) is 0.851. The molecule has 0 saturated carbocycles. The summed E-state index contributed by atoms with van der Waals surface area (Å²) in [7, 11) is 1.90. The van der Waals surface area contributed by atoms with Gasteiger partial charge in [0.2, 0.25) is 5.91 Å². The summed E-state index contributed by atoms with van der Waals surface area (Å²) in [6.07, 6.45) is 0. The molecule has 3 rings (SSSR count). The highest BCUT2D eigenvalue weighted by Gasteiger charge is 2.26. The first kappa shape index (κ1) is 16.7. The standard InChI is InChI=1S/C17H24N4O3/c1-19(13-16(22)21-7-6-18-17(21)23)12-14-4-2-3-5-15(14)20-8-10-24-11-9-20/h2-5H,6-13H2,1H3,(H,18,23). The van der Waals surface area contributed by atoms with Crippen LogP contribution in [0.1, 0.15) is 5.56 Å². The van der Waals surface area contributed by atoms with Gasteiger partial charge in [-0.2, -0.15) is 0 Å². The Balaban J connectivity index is 1.62. The van der Waals surface area contributed by atoms with Crippen molar-refractivity contribution >= 4 is 17.6 Å². The van der Waals surface area contributed by atoms with Crippen LogP contribution in [0, 0.1) is 0 Å². The number of hydrogen-bond donors (Lipinski definition) is 1. The zero-order valence-corrected chi connectivity index (χ0v) is 14.0. The maximum Gasteiger partial charge on any atom is 0.324 e. The Morgan fingerprint density at radius 3 is 2.71 bits per heavy atom. The van der Waals surface area contributed by atoms with Gasteiger partial charge in [0.1, 0.15) is 0 Å². The molecule has 0 aliphatic carbocycles. The number of imide groups is 1. The minimum Gasteiger partial charge on any atom is -0.378 e. The van der Waals surface area contributed by atoms with Crippen molar-refractivity contribution in [3.8, 4) is 0 Å². The number of hydrogen-bond acceptors (Lipinski definition) is 5. The number of ether oxygens (including phenoxy) is 1. The largest absolute Gasteiger partial charge is 0.378 e. The molecule has 0 spiro atoms. The number of morpholine rings is 1. The molecule has 2 aliphatic rings. The van der Waals surface area contributed by atoms with Crippen LogP contribution in [0.15, 0.2) is 24.3 Å². The summed E-state index contributed by atoms with van der Waals surface area (Å²) < 4.78 is 5.42. The van der Waals surface area contributed by atoms with Crippen LogP contribution in [-0.4, -0.2) is 74.7 Å². The van der Waals surface area contributed by atoms with Crippen molar-refractivity contribution < 1.29 is 14.3 Å². The van der Waals surface area contributed by atoms with Gasteiger partial charge in [0, 0.05) is 38.4 Å². The molecule has 0 aromatic heterocycles. The van der Waals surface area contributed by atoms with Crippen molar-refractivity contribution in [1.29, 1.82) is 0 Å². The Morgan fingerprint density at radius 2 is 2.00 bits per heavy atom. The number of amides is 3. The normalized spacial score (nSPS) is 18.2. The van der Waals surface area contributed by atoms with Crippen molar-refractivity contribution in [3.63, 3.8) is 0 Å². The lowest BCUT2D eigenvalue weighted by molar-refractivity contribution is -0.128. The third-order valence-electron chi connectivity index (χ3n) is 4.35. The molecule has 7 nitrogen and oxygen atoms in total. The maximum atomic E-state index is 12.2. The highest BCUT2D eigenvalue weighted by Crippen LogP contribution is 2.22. The van der Waals surface area contributed by atoms with Gasteiger partial charge in [-0.3, -0.25) is 14.6 Å². The third kappa shape index (κ3) is 3.85. The monoisotopic (exact) mass is 332 g/mol. The zero-order chi connectivity index (χ0) is 16.9. The van der Waals surface area contributed by atoms with Gasteiger partial charge in [0.25, 0.3) is 0 Å². The summed E-state index contributed by atoms with van der Waals surface area (Å²) >= 11 is 0. The van der Waals surface area contributed by atoms with Crippen LogP contribution in [0.25, 0.3) is 0 Å². The molecular weight excluding hydrogens is 308 g/mol. The predicted octanol–water partition coefficient (Wildman–Crippen LogP) is 0.507. The lowest BCUT2D eigenvalue weighted by atomic mass is 10.1. The molecule has 0 bridgehead atoms. The van der Waals surface area contributed by atoms with E-state index in [2.05, 4.69) is 22.3 Å². The second kappa shape index (κ2) is 7.63. The Morgan fingerprint density at radius 1 is 1.25 bits per heavy atom. The van der Waals surface area contributed by atoms with Crippen LogP contribution < -0.4 is 10.2 Å². The van der Waals surface area contributed by atoms with Gasteiger partial charge in [-0.05, 0) is 18.7 Å². The van der Waals surface area contributed by atoms with E-state index in [1.807, 2.05) is 24.1 Å². The van der Waals surface area contributed by atoms with E-state index >= 15 is 0 Å². The Kier molecular flexibility index (Phi) is 5.32. The number of anilines is 1. The predicted molar refractivity (Wildman–Crippen MR) is 90.9 cm³/mol. The van der Waals surface area contributed by atoms with E-state index in [1.54, 1.807) is 0 Å². The van der Waals surface area contributed by atoms with Gasteiger partial charge < -0.3 is 15.0 Å². The molecule has 1 aromatic carbocycles. The first-order chi connectivity index (χ1) is 11.6. The Labute approximate surface area is 142 Å². The van der Waals surface area contributed by atoms with Crippen LogP contribution in [-0.2, 0) is 16.1 Å². The van der Waals surface area contributed by atoms with Gasteiger partial charge in [0.15, 0.2) is 0 Å². The molecule has 2 heterocycles. The van der Waals surface area contributed by atoms with Crippen molar-refractivity contribution in [2.24, 2.45) is 0 Å². The number of urea groups is 1. The highest BCUT2D eigenvalue weighted by molar-refractivity contribution is 5.96. The van der Waals surface area contributed by atoms with Gasteiger partial charge in [-0.25, -0.2) is 4.79 Å². The lowest BCUT2D eigenvalue weighted by Gasteiger charge is -2.31. The molecular formula is C17H24N4O3. The molecule has 2 aliphatic heterocycles. The highest BCUT2D eigenvalue weighted by atomic mass is 16.5. The summed E-state index contributed by atoms with van der Waals surface area (Å²) in [5.74, 6) is -0.156. The first-order valence-electron chi connectivity index (χ1n) is 8.32. The number of carbonyl (C=O) groups is 2. The van der Waals surface area contributed by atoms with E-state index in [4.69, 9.17) is 4.74 Å². The van der Waals surface area contributed by atoms with Crippen LogP contribution in [0.5, 0.6) is 0 Å². The molecule has 130 valence electrons. The SMILES string of the molecule is CN(CC(=O)N1CCNC1=O)Cc1ccccc1N1CCOCC1. The second-order valence-corrected chi connectivity index (χ2v) is 6.18. The number of para-hydroxylation sites is 1. The fourth-order valence-corrected chi connectivity index (χ4v) is 3.13. The van der Waals surface area contributed by atoms with Gasteiger partial charge in [0.05, 0.1) is 19.8 Å². The molecule has 0 atom stereocenters. The van der Waals surface area contributed by atoms with Crippen molar-refractivity contribution in [1.82, 2.24) is 15.1 Å².